The van der Waals surface area contributed by atoms with Gasteiger partial charge in [-0.25, -0.2) is 0 Å². The molecule has 18 heavy (non-hydrogen) atoms. The largest absolute Gasteiger partial charge is 0.384 e. The summed E-state index contributed by atoms with van der Waals surface area (Å²) >= 11 is 0. The molecule has 0 aliphatic carbocycles. The van der Waals surface area contributed by atoms with Crippen molar-refractivity contribution in [2.75, 3.05) is 33.4 Å². The molecule has 3 atom stereocenters. The maximum Gasteiger partial charge on any atom is 0.0500 e. The molecule has 108 valence electrons. The lowest BCUT2D eigenvalue weighted by Crippen LogP contribution is -2.59. The summed E-state index contributed by atoms with van der Waals surface area (Å²) in [5, 5.41) is 3.71. The van der Waals surface area contributed by atoms with Gasteiger partial charge in [-0.05, 0) is 18.3 Å². The average molecular weight is 256 g/mol. The van der Waals surface area contributed by atoms with Gasteiger partial charge < -0.3 is 10.1 Å². The summed E-state index contributed by atoms with van der Waals surface area (Å²) in [4.78, 5) is 2.69. The van der Waals surface area contributed by atoms with Crippen LogP contribution in [0.25, 0.3) is 0 Å². The topological polar surface area (TPSA) is 24.5 Å². The Morgan fingerprint density at radius 3 is 2.61 bits per heavy atom. The molecule has 1 heterocycles. The first-order chi connectivity index (χ1) is 8.58. The Hall–Kier alpha value is -0.120. The quantitative estimate of drug-likeness (QED) is 0.757. The minimum absolute atomic E-state index is 0.622. The predicted molar refractivity (Wildman–Crippen MR) is 77.9 cm³/mol. The van der Waals surface area contributed by atoms with E-state index in [2.05, 4.69) is 37.9 Å². The third kappa shape index (κ3) is 4.87. The highest BCUT2D eigenvalue weighted by atomic mass is 16.5. The fraction of sp³-hybridized carbons (Fsp3) is 1.00. The lowest BCUT2D eigenvalue weighted by Gasteiger charge is -2.43. The minimum Gasteiger partial charge on any atom is -0.384 e. The number of piperazine rings is 1. The minimum atomic E-state index is 0.622. The molecule has 3 heteroatoms. The highest BCUT2D eigenvalue weighted by Gasteiger charge is 2.29. The van der Waals surface area contributed by atoms with Gasteiger partial charge in [0.15, 0.2) is 0 Å². The highest BCUT2D eigenvalue weighted by molar-refractivity contribution is 4.88. The molecule has 1 saturated heterocycles. The normalized spacial score (nSPS) is 27.7. The maximum absolute atomic E-state index is 5.27. The van der Waals surface area contributed by atoms with Crippen molar-refractivity contribution < 1.29 is 4.74 Å². The molecule has 0 aromatic rings. The van der Waals surface area contributed by atoms with E-state index in [9.17, 15) is 0 Å². The van der Waals surface area contributed by atoms with Crippen molar-refractivity contribution in [2.45, 2.75) is 52.6 Å². The van der Waals surface area contributed by atoms with E-state index in [1.807, 2.05) is 0 Å². The van der Waals surface area contributed by atoms with Gasteiger partial charge in [0, 0.05) is 45.4 Å². The zero-order valence-corrected chi connectivity index (χ0v) is 12.9. The Labute approximate surface area is 113 Å². The van der Waals surface area contributed by atoms with Crippen LogP contribution in [0.1, 0.15) is 40.5 Å². The second kappa shape index (κ2) is 8.13. The molecule has 1 N–H and O–H groups in total. The van der Waals surface area contributed by atoms with E-state index in [1.54, 1.807) is 7.11 Å². The van der Waals surface area contributed by atoms with Crippen molar-refractivity contribution in [2.24, 2.45) is 11.8 Å². The van der Waals surface area contributed by atoms with Gasteiger partial charge in [0.05, 0.1) is 0 Å². The van der Waals surface area contributed by atoms with E-state index >= 15 is 0 Å². The molecule has 0 amide bonds. The fourth-order valence-electron chi connectivity index (χ4n) is 3.05. The molecule has 0 spiro atoms. The number of nitrogens with zero attached hydrogens (tertiary/aromatic N) is 1. The summed E-state index contributed by atoms with van der Waals surface area (Å²) in [6.07, 6.45) is 2.56. The van der Waals surface area contributed by atoms with Crippen molar-refractivity contribution in [3.05, 3.63) is 0 Å². The molecule has 0 aromatic carbocycles. The molecule has 1 aliphatic heterocycles. The summed E-state index contributed by atoms with van der Waals surface area (Å²) in [5.74, 6) is 1.34. The molecule has 1 rings (SSSR count). The van der Waals surface area contributed by atoms with Crippen molar-refractivity contribution in [3.63, 3.8) is 0 Å². The summed E-state index contributed by atoms with van der Waals surface area (Å²) in [7, 11) is 1.80. The first-order valence-corrected chi connectivity index (χ1v) is 7.54. The van der Waals surface area contributed by atoms with Gasteiger partial charge in [0.25, 0.3) is 0 Å². The molecule has 0 aromatic heterocycles. The number of nitrogens with one attached hydrogen (secondary N) is 1. The van der Waals surface area contributed by atoms with Crippen LogP contribution in [0, 0.1) is 11.8 Å². The first kappa shape index (κ1) is 15.9. The van der Waals surface area contributed by atoms with Crippen LogP contribution >= 0.6 is 0 Å². The van der Waals surface area contributed by atoms with Crippen molar-refractivity contribution in [1.29, 1.82) is 0 Å². The number of methoxy groups -OCH3 is 1. The molecule has 1 fully saturated rings. The Bertz CT molecular complexity index is 219. The Morgan fingerprint density at radius 2 is 2.06 bits per heavy atom. The standard InChI is InChI=1S/C15H32N2O/c1-6-7-14-10-17(9-13(4)11-18-5)15(8-16-14)12(2)3/h12-16H,6-11H2,1-5H3. The van der Waals surface area contributed by atoms with Crippen LogP contribution in [0.3, 0.4) is 0 Å². The van der Waals surface area contributed by atoms with E-state index in [-0.39, 0.29) is 0 Å². The molecular formula is C15H32N2O. The average Bonchev–Trinajstić information content (AvgIpc) is 2.29. The smallest absolute Gasteiger partial charge is 0.0500 e. The zero-order chi connectivity index (χ0) is 13.5. The summed E-state index contributed by atoms with van der Waals surface area (Å²) in [6.45, 7) is 13.6. The molecule has 3 nitrogen and oxygen atoms in total. The van der Waals surface area contributed by atoms with Gasteiger partial charge in [-0.15, -0.1) is 0 Å². The van der Waals surface area contributed by atoms with Crippen LogP contribution in [0.2, 0.25) is 0 Å². The number of hydrogen-bond acceptors (Lipinski definition) is 3. The molecular weight excluding hydrogens is 224 g/mol. The highest BCUT2D eigenvalue weighted by Crippen LogP contribution is 2.18. The van der Waals surface area contributed by atoms with Gasteiger partial charge >= 0.3 is 0 Å². The van der Waals surface area contributed by atoms with Gasteiger partial charge in [-0.2, -0.15) is 0 Å². The second-order valence-corrected chi connectivity index (χ2v) is 6.22. The van der Waals surface area contributed by atoms with Crippen LogP contribution in [0.4, 0.5) is 0 Å². The molecule has 3 unspecified atom stereocenters. The Morgan fingerprint density at radius 1 is 1.33 bits per heavy atom. The van der Waals surface area contributed by atoms with Crippen LogP contribution in [0.15, 0.2) is 0 Å². The third-order valence-electron chi connectivity index (χ3n) is 3.94. The Kier molecular flexibility index (Phi) is 7.20. The first-order valence-electron chi connectivity index (χ1n) is 7.54. The van der Waals surface area contributed by atoms with Crippen LogP contribution in [0.5, 0.6) is 0 Å². The van der Waals surface area contributed by atoms with E-state index in [4.69, 9.17) is 4.74 Å². The number of rotatable bonds is 7. The number of ether oxygens (including phenoxy) is 1. The lowest BCUT2D eigenvalue weighted by atomic mass is 9.96. The molecule has 0 radical (unpaired) electrons. The van der Waals surface area contributed by atoms with E-state index in [0.29, 0.717) is 18.0 Å². The molecule has 0 saturated carbocycles. The fourth-order valence-corrected chi connectivity index (χ4v) is 3.05. The van der Waals surface area contributed by atoms with E-state index in [0.717, 1.165) is 19.1 Å². The van der Waals surface area contributed by atoms with Crippen LogP contribution < -0.4 is 5.32 Å². The van der Waals surface area contributed by atoms with Gasteiger partial charge in [0.2, 0.25) is 0 Å². The monoisotopic (exact) mass is 256 g/mol. The van der Waals surface area contributed by atoms with Crippen molar-refractivity contribution in [3.8, 4) is 0 Å². The summed E-state index contributed by atoms with van der Waals surface area (Å²) in [6, 6.07) is 1.36. The maximum atomic E-state index is 5.27. The third-order valence-corrected chi connectivity index (χ3v) is 3.94. The lowest BCUT2D eigenvalue weighted by molar-refractivity contribution is 0.0605. The van der Waals surface area contributed by atoms with Gasteiger partial charge in [-0.1, -0.05) is 34.1 Å². The van der Waals surface area contributed by atoms with E-state index in [1.165, 1.54) is 25.9 Å². The number of hydrogen-bond donors (Lipinski definition) is 1. The second-order valence-electron chi connectivity index (χ2n) is 6.22. The molecule has 1 aliphatic rings. The molecule has 0 bridgehead atoms. The van der Waals surface area contributed by atoms with E-state index < -0.39 is 0 Å². The van der Waals surface area contributed by atoms with Crippen molar-refractivity contribution in [1.82, 2.24) is 10.2 Å². The van der Waals surface area contributed by atoms with Crippen molar-refractivity contribution >= 4 is 0 Å². The Balaban J connectivity index is 2.54. The van der Waals surface area contributed by atoms with Gasteiger partial charge in [-0.3, -0.25) is 4.90 Å². The summed E-state index contributed by atoms with van der Waals surface area (Å²) in [5.41, 5.74) is 0. The predicted octanol–water partition coefficient (Wildman–Crippen LogP) is 2.37. The summed E-state index contributed by atoms with van der Waals surface area (Å²) < 4.78 is 5.27. The zero-order valence-electron chi connectivity index (χ0n) is 12.9. The van der Waals surface area contributed by atoms with Crippen LogP contribution in [-0.2, 0) is 4.74 Å². The SMILES string of the molecule is CCCC1CN(CC(C)COC)C(C(C)C)CN1. The van der Waals surface area contributed by atoms with Crippen LogP contribution in [-0.4, -0.2) is 50.3 Å². The van der Waals surface area contributed by atoms with Gasteiger partial charge in [0.1, 0.15) is 0 Å².